The van der Waals surface area contributed by atoms with Crippen LogP contribution in [0.4, 0.5) is 17.6 Å². The van der Waals surface area contributed by atoms with Crippen LogP contribution in [-0.2, 0) is 133 Å². The minimum Gasteiger partial charge on any atom is -0.464 e. The summed E-state index contributed by atoms with van der Waals surface area (Å²) in [7, 11) is 1.72. The number of nitrogens with one attached hydrogen (secondary N) is 4. The third kappa shape index (κ3) is 27.1. The molecule has 28 atom stereocenters. The van der Waals surface area contributed by atoms with Gasteiger partial charge in [-0.05, 0) is 39.5 Å². The van der Waals surface area contributed by atoms with E-state index in [1.165, 1.54) is 0 Å². The van der Waals surface area contributed by atoms with Crippen LogP contribution in [0, 0.1) is 0 Å². The molecule has 110 heavy (non-hydrogen) atoms. The van der Waals surface area contributed by atoms with Crippen LogP contribution >= 0.6 is 0 Å². The Morgan fingerprint density at radius 1 is 0.382 bits per heavy atom. The quantitative estimate of drug-likeness (QED) is 0.0228. The summed E-state index contributed by atoms with van der Waals surface area (Å²) in [5, 5.41) is 87.8. The smallest absolute Gasteiger partial charge is 0.383 e. The zero-order valence-electron chi connectivity index (χ0n) is 64.2. The number of hydrogen-bond acceptors (Lipinski definition) is 36. The summed E-state index contributed by atoms with van der Waals surface area (Å²) in [6.45, 7) is 20.6. The molecule has 0 saturated carbocycles. The highest BCUT2D eigenvalue weighted by Crippen LogP contribution is 2.42. The van der Waals surface area contributed by atoms with Gasteiger partial charge in [0.05, 0.1) is 50.6 Å². The van der Waals surface area contributed by atoms with E-state index in [1.807, 2.05) is 0 Å². The molecule has 0 spiro atoms. The predicted molar refractivity (Wildman–Crippen MR) is 354 cm³/mol. The molecule has 44 heteroatoms. The number of esters is 10. The number of aliphatic hydroxyl groups excluding tert-OH is 6. The molecule has 12 N–H and O–H groups in total. The molecule has 4 rings (SSSR count). The molecular formula is C66H104F4N4O36. The number of ether oxygens (including phenoxy) is 14. The van der Waals surface area contributed by atoms with Crippen LogP contribution in [0.1, 0.15) is 150 Å². The van der Waals surface area contributed by atoms with E-state index in [9.17, 15) is 117 Å². The number of carbonyl (C=O) groups excluding carboxylic acids is 14. The summed E-state index contributed by atoms with van der Waals surface area (Å²) < 4.78 is 131. The van der Waals surface area contributed by atoms with Gasteiger partial charge in [-0.3, -0.25) is 57.5 Å². The lowest BCUT2D eigenvalue weighted by Gasteiger charge is -2.49. The molecule has 0 aromatic rings. The van der Waals surface area contributed by atoms with Gasteiger partial charge in [0.2, 0.25) is 36.0 Å². The first kappa shape index (κ1) is 99.8. The monoisotopic (exact) mass is 1600 g/mol. The van der Waals surface area contributed by atoms with Crippen molar-refractivity contribution in [2.24, 2.45) is 0 Å². The standard InChI is InChI=1S/2C21H30FNO12.2C12H22FNO6/c2*1-8-14(31-10(3)25)16(32-11(4)26)17-15(23-9(2)24)18(33-12(5)27)19(22)21(35-17,20(29)30-7)34-13(6)28;2*1-4-6(16)8(17)10-7(14-5(2)15)9(18)11(13)12(3,19)20-10/h2*14-19H,8H2,1-7H3,(H,23,24);2*6-11,16-19H,4H2,1-3H3,(H,14,15)/t14-,15+,16-,17-,18-,19+,21?;14-,15+,16-,17-,18-,19-,21?;6-,7-,8-,9-,10-,11+,12?;6-,7-,8-,9-,10-,11-,12?/m1111/s1. The molecule has 4 heterocycles. The zero-order chi connectivity index (χ0) is 85.5. The molecule has 0 radical (unpaired) electrons. The van der Waals surface area contributed by atoms with Gasteiger partial charge in [0.25, 0.3) is 0 Å². The van der Waals surface area contributed by atoms with Crippen molar-refractivity contribution in [2.75, 3.05) is 14.2 Å². The zero-order valence-corrected chi connectivity index (χ0v) is 64.2. The molecule has 4 aliphatic rings. The van der Waals surface area contributed by atoms with Crippen LogP contribution in [0.3, 0.4) is 0 Å². The molecule has 40 nitrogen and oxygen atoms in total. The van der Waals surface area contributed by atoms with E-state index in [1.54, 1.807) is 27.7 Å². The molecule has 632 valence electrons. The number of halogens is 4. The van der Waals surface area contributed by atoms with Crippen molar-refractivity contribution >= 4 is 83.3 Å². The van der Waals surface area contributed by atoms with Crippen molar-refractivity contribution in [1.82, 2.24) is 21.3 Å². The van der Waals surface area contributed by atoms with Crippen LogP contribution in [-0.4, -0.2) is 308 Å². The Balaban J connectivity index is 0.000000758. The summed E-state index contributed by atoms with van der Waals surface area (Å²) in [6, 6.07) is -5.76. The van der Waals surface area contributed by atoms with Gasteiger partial charge in [-0.25, -0.2) is 27.2 Å². The average molecular weight is 1610 g/mol. The topological polar surface area (TPSA) is 578 Å². The fourth-order valence-corrected chi connectivity index (χ4v) is 11.9. The maximum Gasteiger partial charge on any atom is 0.383 e. The van der Waals surface area contributed by atoms with E-state index >= 15 is 8.78 Å². The SMILES string of the molecule is CC[C@@H](O)[C@@H](O)[C@@H]1OC(C)(O)[C@@H](F)[C@H](O)[C@H]1NC(C)=O.CC[C@@H](O)[C@@H](O)[C@@H]1OC(C)(O)[C@H](F)[C@H](O)[C@H]1NC(C)=O.CC[C@@H](OC(C)=O)[C@@H](OC(C)=O)[C@@H]1OC(OC(C)=O)(C(=O)OC)[C@@H](F)[C@H](OC(C)=O)[C@H]1NC(C)=O.CC[C@@H](OC(C)=O)[C@@H](OC(C)=O)[C@@H]1OC(OC(C)=O)(C(=O)OC)[C@H](F)[C@H](OC(C)=O)[C@H]1NC(C)=O. The Morgan fingerprint density at radius 2 is 0.645 bits per heavy atom. The molecule has 4 saturated heterocycles. The Bertz CT molecular complexity index is 2940. The summed E-state index contributed by atoms with van der Waals surface area (Å²) in [6.07, 6.45) is -34.1. The number of carbonyl (C=O) groups is 14. The van der Waals surface area contributed by atoms with Gasteiger partial charge in [0.15, 0.2) is 48.3 Å². The first-order valence-corrected chi connectivity index (χ1v) is 34.1. The molecule has 0 aliphatic carbocycles. The number of alkyl halides is 4. The normalized spacial score (nSPS) is 32.4. The third-order valence-electron chi connectivity index (χ3n) is 16.5. The van der Waals surface area contributed by atoms with Gasteiger partial charge < -0.3 is 128 Å². The molecule has 0 aromatic carbocycles. The lowest BCUT2D eigenvalue weighted by Crippen LogP contribution is -2.74. The maximum absolute atomic E-state index is 15.9. The fraction of sp³-hybridized carbons (Fsp3) is 0.788. The van der Waals surface area contributed by atoms with Crippen LogP contribution in [0.25, 0.3) is 0 Å². The van der Waals surface area contributed by atoms with Gasteiger partial charge >= 0.3 is 71.3 Å². The van der Waals surface area contributed by atoms with Crippen LogP contribution in [0.5, 0.6) is 0 Å². The van der Waals surface area contributed by atoms with Crippen molar-refractivity contribution in [1.29, 1.82) is 0 Å². The Hall–Kier alpha value is -8.18. The van der Waals surface area contributed by atoms with E-state index < -0.39 is 253 Å². The lowest BCUT2D eigenvalue weighted by molar-refractivity contribution is -0.326. The number of amides is 4. The molecule has 4 amide bonds. The predicted octanol–water partition coefficient (Wildman–Crippen LogP) is -3.41. The molecule has 4 unspecified atom stereocenters. The van der Waals surface area contributed by atoms with E-state index in [2.05, 4.69) is 30.7 Å². The van der Waals surface area contributed by atoms with Gasteiger partial charge in [-0.1, -0.05) is 27.7 Å². The maximum atomic E-state index is 15.9. The second-order valence-corrected chi connectivity index (χ2v) is 25.8. The summed E-state index contributed by atoms with van der Waals surface area (Å²) in [5.41, 5.74) is 0. The second kappa shape index (κ2) is 43.6. The second-order valence-electron chi connectivity index (χ2n) is 25.8. The highest BCUT2D eigenvalue weighted by Gasteiger charge is 2.69. The number of aliphatic hydroxyl groups is 8. The van der Waals surface area contributed by atoms with E-state index in [0.717, 1.165) is 111 Å². The summed E-state index contributed by atoms with van der Waals surface area (Å²) >= 11 is 0. The highest BCUT2D eigenvalue weighted by molar-refractivity contribution is 5.84. The van der Waals surface area contributed by atoms with E-state index in [-0.39, 0.29) is 25.7 Å². The van der Waals surface area contributed by atoms with Crippen molar-refractivity contribution < 1.29 is 192 Å². The van der Waals surface area contributed by atoms with Crippen LogP contribution < -0.4 is 21.3 Å². The van der Waals surface area contributed by atoms with Crippen molar-refractivity contribution in [3.63, 3.8) is 0 Å². The summed E-state index contributed by atoms with van der Waals surface area (Å²) in [4.78, 5) is 166. The largest absolute Gasteiger partial charge is 0.464 e. The van der Waals surface area contributed by atoms with Crippen molar-refractivity contribution in [3.05, 3.63) is 0 Å². The molecular weight excluding hydrogens is 1500 g/mol. The van der Waals surface area contributed by atoms with Gasteiger partial charge in [0, 0.05) is 83.1 Å². The fourth-order valence-electron chi connectivity index (χ4n) is 11.9. The third-order valence-corrected chi connectivity index (χ3v) is 16.5. The Kier molecular flexibility index (Phi) is 39.6. The van der Waals surface area contributed by atoms with Crippen LogP contribution in [0.15, 0.2) is 0 Å². The van der Waals surface area contributed by atoms with E-state index in [0.29, 0.717) is 0 Å². The van der Waals surface area contributed by atoms with Crippen molar-refractivity contribution in [3.8, 4) is 0 Å². The molecule has 4 aliphatic heterocycles. The van der Waals surface area contributed by atoms with Gasteiger partial charge in [-0.15, -0.1) is 0 Å². The molecule has 4 fully saturated rings. The lowest BCUT2D eigenvalue weighted by atomic mass is 9.86. The average Bonchev–Trinajstić information content (AvgIpc) is 0.749. The summed E-state index contributed by atoms with van der Waals surface area (Å²) in [5.74, 6) is -24.3. The first-order valence-electron chi connectivity index (χ1n) is 34.1. The highest BCUT2D eigenvalue weighted by atomic mass is 19.1. The molecule has 0 bridgehead atoms. The van der Waals surface area contributed by atoms with E-state index in [4.69, 9.17) is 56.8 Å². The number of hydrogen-bond donors (Lipinski definition) is 12. The number of rotatable bonds is 26. The Morgan fingerprint density at radius 3 is 0.855 bits per heavy atom. The van der Waals surface area contributed by atoms with Gasteiger partial charge in [0.1, 0.15) is 61.0 Å². The minimum atomic E-state index is -3.13. The van der Waals surface area contributed by atoms with Gasteiger partial charge in [-0.2, -0.15) is 0 Å². The first-order chi connectivity index (χ1) is 50.6. The van der Waals surface area contributed by atoms with Crippen molar-refractivity contribution in [2.45, 2.75) is 320 Å². The minimum absolute atomic E-state index is 0.0280. The molecule has 0 aromatic heterocycles. The Labute approximate surface area is 629 Å². The number of methoxy groups -OCH3 is 2. The van der Waals surface area contributed by atoms with Crippen LogP contribution in [0.2, 0.25) is 0 Å².